The van der Waals surface area contributed by atoms with Crippen molar-refractivity contribution in [3.63, 3.8) is 0 Å². The van der Waals surface area contributed by atoms with E-state index in [1.807, 2.05) is 6.92 Å². The maximum absolute atomic E-state index is 11.9. The fourth-order valence-electron chi connectivity index (χ4n) is 1.06. The zero-order valence-electron chi connectivity index (χ0n) is 8.51. The minimum Gasteiger partial charge on any atom is -0.339 e. The Bertz CT molecular complexity index is 183. The Morgan fingerprint density at radius 3 is 2.57 bits per heavy atom. The minimum atomic E-state index is -2.35. The van der Waals surface area contributed by atoms with E-state index in [-0.39, 0.29) is 18.9 Å². The molecular weight excluding hydrogens is 188 g/mol. The third-order valence-corrected chi connectivity index (χ3v) is 1.89. The van der Waals surface area contributed by atoms with Gasteiger partial charge in [-0.3, -0.25) is 4.79 Å². The van der Waals surface area contributed by atoms with Crippen LogP contribution in [0.5, 0.6) is 0 Å². The first-order valence-electron chi connectivity index (χ1n) is 4.81. The average Bonchev–Trinajstić information content (AvgIpc) is 2.16. The second-order valence-corrected chi connectivity index (χ2v) is 3.06. The number of unbranched alkanes of at least 4 members (excludes halogenated alkanes) is 1. The largest absolute Gasteiger partial charge is 0.339 e. The molecule has 0 radical (unpaired) electrons. The van der Waals surface area contributed by atoms with Crippen LogP contribution in [-0.4, -0.2) is 30.3 Å². The summed E-state index contributed by atoms with van der Waals surface area (Å²) in [5.74, 6) is -0.265. The lowest BCUT2D eigenvalue weighted by atomic mass is 10.3. The zero-order chi connectivity index (χ0) is 11.0. The molecular formula is C10H17F2NO. The number of nitrogens with zero attached hydrogens (tertiary/aromatic N) is 1. The zero-order valence-corrected chi connectivity index (χ0v) is 8.51. The van der Waals surface area contributed by atoms with Crippen molar-refractivity contribution < 1.29 is 13.6 Å². The molecule has 0 aromatic carbocycles. The van der Waals surface area contributed by atoms with Gasteiger partial charge in [0.2, 0.25) is 12.3 Å². The van der Waals surface area contributed by atoms with Crippen molar-refractivity contribution in [3.8, 4) is 0 Å². The highest BCUT2D eigenvalue weighted by Crippen LogP contribution is 2.04. The highest BCUT2D eigenvalue weighted by atomic mass is 19.3. The van der Waals surface area contributed by atoms with Gasteiger partial charge in [-0.15, -0.1) is 0 Å². The summed E-state index contributed by atoms with van der Waals surface area (Å²) in [5, 5.41) is 0. The van der Waals surface area contributed by atoms with Gasteiger partial charge in [0.1, 0.15) is 0 Å². The number of halogens is 2. The van der Waals surface area contributed by atoms with Crippen molar-refractivity contribution >= 4 is 5.91 Å². The lowest BCUT2D eigenvalue weighted by molar-refractivity contribution is -0.126. The fourth-order valence-corrected chi connectivity index (χ4v) is 1.06. The molecule has 0 rings (SSSR count). The number of amides is 1. The molecule has 0 saturated heterocycles. The first-order valence-corrected chi connectivity index (χ1v) is 4.81. The van der Waals surface area contributed by atoms with Crippen molar-refractivity contribution in [2.24, 2.45) is 0 Å². The van der Waals surface area contributed by atoms with Gasteiger partial charge in [-0.25, -0.2) is 8.78 Å². The van der Waals surface area contributed by atoms with Gasteiger partial charge in [-0.1, -0.05) is 19.9 Å². The van der Waals surface area contributed by atoms with Crippen LogP contribution in [0.15, 0.2) is 12.7 Å². The summed E-state index contributed by atoms with van der Waals surface area (Å²) in [6, 6.07) is 0. The summed E-state index contributed by atoms with van der Waals surface area (Å²) < 4.78 is 23.8. The molecule has 0 aliphatic rings. The fraction of sp³-hybridized carbons (Fsp3) is 0.700. The molecule has 1 amide bonds. The van der Waals surface area contributed by atoms with Crippen LogP contribution < -0.4 is 0 Å². The van der Waals surface area contributed by atoms with Crippen molar-refractivity contribution in [1.29, 1.82) is 0 Å². The van der Waals surface area contributed by atoms with E-state index in [1.54, 1.807) is 0 Å². The molecule has 0 aliphatic carbocycles. The van der Waals surface area contributed by atoms with Crippen LogP contribution >= 0.6 is 0 Å². The third-order valence-electron chi connectivity index (χ3n) is 1.89. The van der Waals surface area contributed by atoms with Gasteiger partial charge < -0.3 is 4.90 Å². The molecule has 0 atom stereocenters. The molecule has 14 heavy (non-hydrogen) atoms. The second-order valence-electron chi connectivity index (χ2n) is 3.06. The van der Waals surface area contributed by atoms with E-state index in [0.717, 1.165) is 12.8 Å². The number of rotatable bonds is 7. The van der Waals surface area contributed by atoms with Crippen LogP contribution in [0.4, 0.5) is 8.78 Å². The standard InChI is InChI=1S/C10H17F2NO/c1-3-5-7-13(10(14)4-2)8-6-9(11)12/h4,9H,2-3,5-8H2,1H3. The maximum atomic E-state index is 11.9. The van der Waals surface area contributed by atoms with Gasteiger partial charge in [0.25, 0.3) is 0 Å². The van der Waals surface area contributed by atoms with Crippen LogP contribution in [0.1, 0.15) is 26.2 Å². The van der Waals surface area contributed by atoms with Crippen molar-refractivity contribution in [2.45, 2.75) is 32.6 Å². The molecule has 0 heterocycles. The van der Waals surface area contributed by atoms with Crippen LogP contribution in [-0.2, 0) is 4.79 Å². The Morgan fingerprint density at radius 2 is 2.14 bits per heavy atom. The molecule has 0 spiro atoms. The van der Waals surface area contributed by atoms with Crippen LogP contribution in [0, 0.1) is 0 Å². The predicted octanol–water partition coefficient (Wildman–Crippen LogP) is 2.46. The molecule has 0 aromatic heterocycles. The van der Waals surface area contributed by atoms with E-state index in [1.165, 1.54) is 11.0 Å². The molecule has 0 fully saturated rings. The highest BCUT2D eigenvalue weighted by Gasteiger charge is 2.12. The lowest BCUT2D eigenvalue weighted by Gasteiger charge is -2.20. The van der Waals surface area contributed by atoms with E-state index < -0.39 is 6.43 Å². The van der Waals surface area contributed by atoms with Crippen LogP contribution in [0.3, 0.4) is 0 Å². The van der Waals surface area contributed by atoms with Gasteiger partial charge in [0.05, 0.1) is 0 Å². The van der Waals surface area contributed by atoms with Gasteiger partial charge in [-0.2, -0.15) is 0 Å². The molecule has 0 aromatic rings. The summed E-state index contributed by atoms with van der Waals surface area (Å²) >= 11 is 0. The molecule has 2 nitrogen and oxygen atoms in total. The Morgan fingerprint density at radius 1 is 1.50 bits per heavy atom. The van der Waals surface area contributed by atoms with E-state index in [2.05, 4.69) is 6.58 Å². The summed E-state index contributed by atoms with van der Waals surface area (Å²) in [7, 11) is 0. The van der Waals surface area contributed by atoms with Gasteiger partial charge >= 0.3 is 0 Å². The van der Waals surface area contributed by atoms with Crippen LogP contribution in [0.2, 0.25) is 0 Å². The normalized spacial score (nSPS) is 10.3. The number of alkyl halides is 2. The van der Waals surface area contributed by atoms with Gasteiger partial charge in [0.15, 0.2) is 0 Å². The van der Waals surface area contributed by atoms with Crippen molar-refractivity contribution in [1.82, 2.24) is 4.90 Å². The molecule has 0 bridgehead atoms. The SMILES string of the molecule is C=CC(=O)N(CCCC)CCC(F)F. The Kier molecular flexibility index (Phi) is 6.98. The molecule has 0 N–H and O–H groups in total. The summed E-state index contributed by atoms with van der Waals surface area (Å²) in [6.45, 7) is 5.98. The van der Waals surface area contributed by atoms with Gasteiger partial charge in [-0.05, 0) is 12.5 Å². The Balaban J connectivity index is 3.96. The number of carbonyl (C=O) groups excluding carboxylic acids is 1. The molecule has 0 unspecified atom stereocenters. The first-order chi connectivity index (χ1) is 6.61. The number of hydrogen-bond acceptors (Lipinski definition) is 1. The minimum absolute atomic E-state index is 0.114. The van der Waals surface area contributed by atoms with Gasteiger partial charge in [0, 0.05) is 19.5 Å². The van der Waals surface area contributed by atoms with E-state index in [0.29, 0.717) is 6.54 Å². The Hall–Kier alpha value is -0.930. The van der Waals surface area contributed by atoms with Crippen molar-refractivity contribution in [2.75, 3.05) is 13.1 Å². The maximum Gasteiger partial charge on any atom is 0.245 e. The predicted molar refractivity (Wildman–Crippen MR) is 52.3 cm³/mol. The van der Waals surface area contributed by atoms with E-state index in [4.69, 9.17) is 0 Å². The molecule has 82 valence electrons. The average molecular weight is 205 g/mol. The quantitative estimate of drug-likeness (QED) is 0.585. The topological polar surface area (TPSA) is 20.3 Å². The van der Waals surface area contributed by atoms with Crippen LogP contribution in [0.25, 0.3) is 0 Å². The smallest absolute Gasteiger partial charge is 0.245 e. The highest BCUT2D eigenvalue weighted by molar-refractivity contribution is 5.86. The summed E-state index contributed by atoms with van der Waals surface area (Å²) in [4.78, 5) is 12.6. The Labute approximate surface area is 83.6 Å². The molecule has 4 heteroatoms. The monoisotopic (exact) mass is 205 g/mol. The lowest BCUT2D eigenvalue weighted by Crippen LogP contribution is -2.32. The first kappa shape index (κ1) is 13.1. The van der Waals surface area contributed by atoms with E-state index in [9.17, 15) is 13.6 Å². The number of hydrogen-bond donors (Lipinski definition) is 0. The third kappa shape index (κ3) is 5.67. The van der Waals surface area contributed by atoms with Crippen molar-refractivity contribution in [3.05, 3.63) is 12.7 Å². The van der Waals surface area contributed by atoms with E-state index >= 15 is 0 Å². The number of carbonyl (C=O) groups is 1. The second kappa shape index (κ2) is 7.47. The summed E-state index contributed by atoms with van der Waals surface area (Å²) in [5.41, 5.74) is 0. The molecule has 0 aliphatic heterocycles. The molecule has 0 saturated carbocycles. The summed E-state index contributed by atoms with van der Waals surface area (Å²) in [6.07, 6.45) is 0.333.